The normalized spacial score (nSPS) is 10.7. The van der Waals surface area contributed by atoms with E-state index in [4.69, 9.17) is 4.74 Å². The molecule has 3 aromatic rings. The largest absolute Gasteiger partial charge is 0.485 e. The highest BCUT2D eigenvalue weighted by Gasteiger charge is 2.11. The summed E-state index contributed by atoms with van der Waals surface area (Å²) < 4.78 is 7.01. The molecular formula is C20H21IN4O2S. The molecule has 2 aromatic carbocycles. The zero-order valence-electron chi connectivity index (χ0n) is 15.9. The first-order chi connectivity index (χ1) is 13.4. The number of benzene rings is 2. The molecular weight excluding hydrogens is 487 g/mol. The van der Waals surface area contributed by atoms with Gasteiger partial charge in [-0.05, 0) is 78.3 Å². The number of thioether (sulfide) groups is 1. The molecule has 146 valence electrons. The van der Waals surface area contributed by atoms with Gasteiger partial charge in [-0.2, -0.15) is 0 Å². The minimum absolute atomic E-state index is 0.0903. The van der Waals surface area contributed by atoms with Crippen molar-refractivity contribution in [2.45, 2.75) is 32.5 Å². The fraction of sp³-hybridized carbons (Fsp3) is 0.250. The summed E-state index contributed by atoms with van der Waals surface area (Å²) in [5.74, 6) is 1.63. The Labute approximate surface area is 182 Å². The third-order valence-electron chi connectivity index (χ3n) is 4.07. The number of H-pyrrole nitrogens is 1. The maximum absolute atomic E-state index is 12.2. The molecule has 0 aliphatic heterocycles. The van der Waals surface area contributed by atoms with Crippen LogP contribution in [-0.4, -0.2) is 26.8 Å². The van der Waals surface area contributed by atoms with Gasteiger partial charge in [0.05, 0.1) is 5.75 Å². The Morgan fingerprint density at radius 3 is 2.64 bits per heavy atom. The first-order valence-electron chi connectivity index (χ1n) is 8.71. The minimum Gasteiger partial charge on any atom is -0.485 e. The van der Waals surface area contributed by atoms with Crippen molar-refractivity contribution >= 4 is 45.9 Å². The second-order valence-electron chi connectivity index (χ2n) is 6.37. The van der Waals surface area contributed by atoms with Gasteiger partial charge in [-0.3, -0.25) is 9.89 Å². The minimum atomic E-state index is -0.0903. The summed E-state index contributed by atoms with van der Waals surface area (Å²) in [7, 11) is 0. The van der Waals surface area contributed by atoms with Crippen LogP contribution in [0.15, 0.2) is 41.6 Å². The number of anilines is 1. The lowest BCUT2D eigenvalue weighted by molar-refractivity contribution is -0.113. The number of carbonyl (C=O) groups excluding carboxylic acids is 1. The summed E-state index contributed by atoms with van der Waals surface area (Å²) in [5, 5.41) is 10.5. The molecule has 0 saturated carbocycles. The standard InChI is InChI=1S/C20H21IN4O2S/c1-12-5-4-6-13(2)19(12)27-10-17-23-20(25-24-17)28-11-18(26)22-16-8-7-15(21)9-14(16)3/h4-9H,10-11H2,1-3H3,(H,22,26)(H,23,24,25). The number of aromatic nitrogens is 3. The van der Waals surface area contributed by atoms with Crippen molar-refractivity contribution in [3.8, 4) is 5.75 Å². The molecule has 0 bridgehead atoms. The Bertz CT molecular complexity index is 970. The third-order valence-corrected chi connectivity index (χ3v) is 5.59. The lowest BCUT2D eigenvalue weighted by atomic mass is 10.1. The summed E-state index contributed by atoms with van der Waals surface area (Å²) in [6.07, 6.45) is 0. The zero-order valence-corrected chi connectivity index (χ0v) is 18.8. The maximum atomic E-state index is 12.2. The van der Waals surface area contributed by atoms with Gasteiger partial charge in [0.15, 0.2) is 5.82 Å². The molecule has 0 spiro atoms. The first-order valence-corrected chi connectivity index (χ1v) is 10.8. The molecule has 0 saturated heterocycles. The fourth-order valence-corrected chi connectivity index (χ4v) is 3.92. The average molecular weight is 508 g/mol. The highest BCUT2D eigenvalue weighted by molar-refractivity contribution is 14.1. The van der Waals surface area contributed by atoms with E-state index >= 15 is 0 Å². The van der Waals surface area contributed by atoms with E-state index in [0.717, 1.165) is 31.7 Å². The van der Waals surface area contributed by atoms with Crippen LogP contribution in [-0.2, 0) is 11.4 Å². The van der Waals surface area contributed by atoms with Gasteiger partial charge in [0, 0.05) is 9.26 Å². The number of carbonyl (C=O) groups is 1. The molecule has 0 fully saturated rings. The SMILES string of the molecule is Cc1cc(I)ccc1NC(=O)CSc1n[nH]c(COc2c(C)cccc2C)n1. The molecule has 6 nitrogen and oxygen atoms in total. The summed E-state index contributed by atoms with van der Waals surface area (Å²) in [4.78, 5) is 16.6. The van der Waals surface area contributed by atoms with Crippen molar-refractivity contribution in [3.05, 3.63) is 62.5 Å². The number of hydrogen-bond acceptors (Lipinski definition) is 5. The fourth-order valence-electron chi connectivity index (χ4n) is 2.66. The Morgan fingerprint density at radius 2 is 1.93 bits per heavy atom. The molecule has 1 heterocycles. The quantitative estimate of drug-likeness (QED) is 0.359. The molecule has 8 heteroatoms. The van der Waals surface area contributed by atoms with Crippen LogP contribution in [0.25, 0.3) is 0 Å². The zero-order chi connectivity index (χ0) is 20.1. The van der Waals surface area contributed by atoms with E-state index < -0.39 is 0 Å². The molecule has 0 aliphatic rings. The summed E-state index contributed by atoms with van der Waals surface area (Å²) >= 11 is 3.53. The summed E-state index contributed by atoms with van der Waals surface area (Å²) in [5.41, 5.74) is 4.02. The van der Waals surface area contributed by atoms with E-state index in [1.54, 1.807) is 0 Å². The van der Waals surface area contributed by atoms with Crippen LogP contribution in [0, 0.1) is 24.3 Å². The number of aryl methyl sites for hydroxylation is 3. The Morgan fingerprint density at radius 1 is 1.18 bits per heavy atom. The van der Waals surface area contributed by atoms with Crippen LogP contribution in [0.4, 0.5) is 5.69 Å². The third kappa shape index (κ3) is 5.48. The monoisotopic (exact) mass is 508 g/mol. The Balaban J connectivity index is 1.51. The number of nitrogens with zero attached hydrogens (tertiary/aromatic N) is 2. The van der Waals surface area contributed by atoms with Gasteiger partial charge in [0.1, 0.15) is 12.4 Å². The number of rotatable bonds is 7. The molecule has 1 amide bonds. The number of aromatic amines is 1. The highest BCUT2D eigenvalue weighted by atomic mass is 127. The van der Waals surface area contributed by atoms with Crippen LogP contribution in [0.1, 0.15) is 22.5 Å². The van der Waals surface area contributed by atoms with E-state index in [9.17, 15) is 4.79 Å². The van der Waals surface area contributed by atoms with Crippen molar-refractivity contribution in [3.63, 3.8) is 0 Å². The van der Waals surface area contributed by atoms with Gasteiger partial charge >= 0.3 is 0 Å². The van der Waals surface area contributed by atoms with E-state index in [-0.39, 0.29) is 11.7 Å². The van der Waals surface area contributed by atoms with Gasteiger partial charge in [-0.15, -0.1) is 5.10 Å². The van der Waals surface area contributed by atoms with Crippen LogP contribution in [0.3, 0.4) is 0 Å². The summed E-state index contributed by atoms with van der Waals surface area (Å²) in [6.45, 7) is 6.30. The Hall–Kier alpha value is -2.07. The van der Waals surface area contributed by atoms with Gasteiger partial charge < -0.3 is 10.1 Å². The number of hydrogen-bond donors (Lipinski definition) is 2. The second kappa shape index (κ2) is 9.42. The number of ether oxygens (including phenoxy) is 1. The highest BCUT2D eigenvalue weighted by Crippen LogP contribution is 2.23. The molecule has 0 radical (unpaired) electrons. The lowest BCUT2D eigenvalue weighted by Gasteiger charge is -2.10. The van der Waals surface area contributed by atoms with Crippen LogP contribution >= 0.6 is 34.4 Å². The molecule has 0 unspecified atom stereocenters. The molecule has 28 heavy (non-hydrogen) atoms. The molecule has 0 aliphatic carbocycles. The van der Waals surface area contributed by atoms with Crippen LogP contribution < -0.4 is 10.1 Å². The van der Waals surface area contributed by atoms with Crippen molar-refractivity contribution in [2.24, 2.45) is 0 Å². The number of amides is 1. The van der Waals surface area contributed by atoms with Gasteiger partial charge in [0.2, 0.25) is 11.1 Å². The van der Waals surface area contributed by atoms with Crippen LogP contribution in [0.2, 0.25) is 0 Å². The number of para-hydroxylation sites is 1. The molecule has 1 aromatic heterocycles. The Kier molecular flexibility index (Phi) is 6.95. The van der Waals surface area contributed by atoms with Gasteiger partial charge in [-0.25, -0.2) is 4.98 Å². The topological polar surface area (TPSA) is 79.9 Å². The first kappa shape index (κ1) is 20.7. The van der Waals surface area contributed by atoms with Crippen molar-refractivity contribution in [1.82, 2.24) is 15.2 Å². The van der Waals surface area contributed by atoms with Gasteiger partial charge in [-0.1, -0.05) is 30.0 Å². The maximum Gasteiger partial charge on any atom is 0.234 e. The summed E-state index contributed by atoms with van der Waals surface area (Å²) in [6, 6.07) is 11.9. The predicted molar refractivity (Wildman–Crippen MR) is 120 cm³/mol. The average Bonchev–Trinajstić information content (AvgIpc) is 3.10. The van der Waals surface area contributed by atoms with E-state index in [2.05, 4.69) is 43.1 Å². The van der Waals surface area contributed by atoms with Crippen molar-refractivity contribution in [2.75, 3.05) is 11.1 Å². The van der Waals surface area contributed by atoms with E-state index in [0.29, 0.717) is 17.6 Å². The van der Waals surface area contributed by atoms with Crippen molar-refractivity contribution in [1.29, 1.82) is 0 Å². The second-order valence-corrected chi connectivity index (χ2v) is 8.56. The predicted octanol–water partition coefficient (Wildman–Crippen LogP) is 4.64. The van der Waals surface area contributed by atoms with Gasteiger partial charge in [0.25, 0.3) is 0 Å². The number of halogens is 1. The molecule has 0 atom stereocenters. The van der Waals surface area contributed by atoms with Crippen molar-refractivity contribution < 1.29 is 9.53 Å². The van der Waals surface area contributed by atoms with E-state index in [1.807, 2.05) is 57.2 Å². The molecule has 2 N–H and O–H groups in total. The van der Waals surface area contributed by atoms with E-state index in [1.165, 1.54) is 11.8 Å². The smallest absolute Gasteiger partial charge is 0.234 e. The lowest BCUT2D eigenvalue weighted by Crippen LogP contribution is -2.15. The van der Waals surface area contributed by atoms with Crippen LogP contribution in [0.5, 0.6) is 5.75 Å². The molecule has 3 rings (SSSR count). The number of nitrogens with one attached hydrogen (secondary N) is 2.